The van der Waals surface area contributed by atoms with Gasteiger partial charge in [0.1, 0.15) is 5.75 Å². The number of hydrogen-bond acceptors (Lipinski definition) is 3. The summed E-state index contributed by atoms with van der Waals surface area (Å²) >= 11 is 0. The molecule has 110 valence electrons. The van der Waals surface area contributed by atoms with Crippen molar-refractivity contribution in [3.05, 3.63) is 35.4 Å². The minimum absolute atomic E-state index is 0.0911. The molecule has 0 aromatic heterocycles. The summed E-state index contributed by atoms with van der Waals surface area (Å²) < 4.78 is 5.22. The second-order valence-electron chi connectivity index (χ2n) is 4.89. The molecule has 0 saturated carbocycles. The molecule has 4 heteroatoms. The summed E-state index contributed by atoms with van der Waals surface area (Å²) in [6, 6.07) is 7.97. The summed E-state index contributed by atoms with van der Waals surface area (Å²) in [4.78, 5) is 10.6. The number of ether oxygens (including phenoxy) is 1. The van der Waals surface area contributed by atoms with Crippen molar-refractivity contribution in [2.45, 2.75) is 33.2 Å². The van der Waals surface area contributed by atoms with E-state index in [0.29, 0.717) is 11.8 Å². The van der Waals surface area contributed by atoms with Crippen molar-refractivity contribution in [1.82, 2.24) is 5.32 Å². The second kappa shape index (κ2) is 8.38. The van der Waals surface area contributed by atoms with Crippen molar-refractivity contribution in [2.24, 2.45) is 5.73 Å². The summed E-state index contributed by atoms with van der Waals surface area (Å²) in [6.45, 7) is 7.36. The number of hydrogen-bond donors (Lipinski definition) is 2. The third kappa shape index (κ3) is 5.89. The highest BCUT2D eigenvalue weighted by molar-refractivity contribution is 5.75. The number of primary amides is 1. The van der Waals surface area contributed by atoms with Gasteiger partial charge in [-0.2, -0.15) is 0 Å². The molecule has 3 N–H and O–H groups in total. The van der Waals surface area contributed by atoms with E-state index in [-0.39, 0.29) is 6.61 Å². The first kappa shape index (κ1) is 16.2. The van der Waals surface area contributed by atoms with Crippen LogP contribution in [0.2, 0.25) is 0 Å². The molecule has 1 amide bonds. The Hall–Kier alpha value is -1.81. The van der Waals surface area contributed by atoms with Gasteiger partial charge < -0.3 is 15.8 Å². The van der Waals surface area contributed by atoms with Crippen molar-refractivity contribution in [1.29, 1.82) is 0 Å². The average molecular weight is 276 g/mol. The predicted molar refractivity (Wildman–Crippen MR) is 82.5 cm³/mol. The summed E-state index contributed by atoms with van der Waals surface area (Å²) in [5, 5.41) is 3.45. The maximum atomic E-state index is 10.6. The topological polar surface area (TPSA) is 64.3 Å². The number of benzene rings is 1. The van der Waals surface area contributed by atoms with Crippen LogP contribution in [0.1, 0.15) is 32.8 Å². The first-order chi connectivity index (χ1) is 9.52. The van der Waals surface area contributed by atoms with Gasteiger partial charge in [0.15, 0.2) is 6.61 Å². The third-order valence-electron chi connectivity index (χ3n) is 3.04. The van der Waals surface area contributed by atoms with Crippen molar-refractivity contribution in [3.8, 4) is 5.75 Å². The maximum absolute atomic E-state index is 10.6. The van der Waals surface area contributed by atoms with Crippen LogP contribution in [0.15, 0.2) is 29.8 Å². The Morgan fingerprint density at radius 1 is 1.40 bits per heavy atom. The Morgan fingerprint density at radius 3 is 2.60 bits per heavy atom. The fourth-order valence-electron chi connectivity index (χ4n) is 1.72. The zero-order valence-corrected chi connectivity index (χ0v) is 12.5. The van der Waals surface area contributed by atoms with Crippen LogP contribution in [-0.4, -0.2) is 25.1 Å². The van der Waals surface area contributed by atoms with Crippen LogP contribution in [0.4, 0.5) is 0 Å². The summed E-state index contributed by atoms with van der Waals surface area (Å²) in [6.07, 6.45) is 3.27. The lowest BCUT2D eigenvalue weighted by atomic mass is 10.1. The van der Waals surface area contributed by atoms with E-state index in [1.807, 2.05) is 24.3 Å². The Kier molecular flexibility index (Phi) is 6.81. The lowest BCUT2D eigenvalue weighted by Gasteiger charge is -2.14. The largest absolute Gasteiger partial charge is 0.484 e. The van der Waals surface area contributed by atoms with E-state index < -0.39 is 5.91 Å². The van der Waals surface area contributed by atoms with Crippen LogP contribution in [0.3, 0.4) is 0 Å². The molecule has 4 nitrogen and oxygen atoms in total. The number of carbonyl (C=O) groups is 1. The fraction of sp³-hybridized carbons (Fsp3) is 0.438. The molecule has 1 atom stereocenters. The van der Waals surface area contributed by atoms with Crippen molar-refractivity contribution < 1.29 is 9.53 Å². The first-order valence-electron chi connectivity index (χ1n) is 6.95. The molecule has 1 aromatic carbocycles. The molecule has 0 aliphatic carbocycles. The van der Waals surface area contributed by atoms with E-state index in [1.54, 1.807) is 0 Å². The summed E-state index contributed by atoms with van der Waals surface area (Å²) in [5.41, 5.74) is 7.42. The van der Waals surface area contributed by atoms with E-state index in [4.69, 9.17) is 10.5 Å². The monoisotopic (exact) mass is 276 g/mol. The second-order valence-corrected chi connectivity index (χ2v) is 4.89. The van der Waals surface area contributed by atoms with Gasteiger partial charge in [-0.15, -0.1) is 0 Å². The number of rotatable bonds is 8. The first-order valence-corrected chi connectivity index (χ1v) is 6.95. The van der Waals surface area contributed by atoms with E-state index in [0.717, 1.165) is 18.5 Å². The molecule has 0 saturated heterocycles. The summed E-state index contributed by atoms with van der Waals surface area (Å²) in [7, 11) is 0. The van der Waals surface area contributed by atoms with Gasteiger partial charge in [0.25, 0.3) is 5.91 Å². The number of nitrogens with one attached hydrogen (secondary N) is 1. The molecule has 20 heavy (non-hydrogen) atoms. The van der Waals surface area contributed by atoms with Gasteiger partial charge in [-0.25, -0.2) is 0 Å². The van der Waals surface area contributed by atoms with E-state index in [9.17, 15) is 4.79 Å². The molecule has 1 rings (SSSR count). The van der Waals surface area contributed by atoms with Crippen molar-refractivity contribution in [2.75, 3.05) is 13.2 Å². The van der Waals surface area contributed by atoms with Gasteiger partial charge in [-0.1, -0.05) is 30.7 Å². The van der Waals surface area contributed by atoms with Crippen LogP contribution in [0, 0.1) is 0 Å². The van der Waals surface area contributed by atoms with Gasteiger partial charge >= 0.3 is 0 Å². The highest BCUT2D eigenvalue weighted by Gasteiger charge is 2.03. The Labute approximate surface area is 121 Å². The zero-order valence-electron chi connectivity index (χ0n) is 12.5. The number of amides is 1. The van der Waals surface area contributed by atoms with Gasteiger partial charge in [-0.05, 0) is 44.5 Å². The molecular formula is C16H24N2O2. The Morgan fingerprint density at radius 2 is 2.05 bits per heavy atom. The molecule has 0 heterocycles. The highest BCUT2D eigenvalue weighted by atomic mass is 16.5. The van der Waals surface area contributed by atoms with E-state index in [1.165, 1.54) is 5.57 Å². The van der Waals surface area contributed by atoms with Gasteiger partial charge in [-0.3, -0.25) is 4.79 Å². The lowest BCUT2D eigenvalue weighted by molar-refractivity contribution is -0.119. The molecule has 0 fully saturated rings. The molecule has 0 spiro atoms. The molecule has 1 unspecified atom stereocenters. The van der Waals surface area contributed by atoms with E-state index >= 15 is 0 Å². The molecule has 0 radical (unpaired) electrons. The van der Waals surface area contributed by atoms with Gasteiger partial charge in [0.05, 0.1) is 0 Å². The zero-order chi connectivity index (χ0) is 15.0. The predicted octanol–water partition coefficient (Wildman–Crippen LogP) is 2.34. The molecule has 0 aliphatic heterocycles. The van der Waals surface area contributed by atoms with E-state index in [2.05, 4.69) is 32.2 Å². The molecule has 0 aliphatic rings. The smallest absolute Gasteiger partial charge is 0.255 e. The van der Waals surface area contributed by atoms with Gasteiger partial charge in [0.2, 0.25) is 0 Å². The molecular weight excluding hydrogens is 252 g/mol. The van der Waals surface area contributed by atoms with Crippen molar-refractivity contribution in [3.63, 3.8) is 0 Å². The minimum atomic E-state index is -0.472. The van der Waals surface area contributed by atoms with Crippen molar-refractivity contribution >= 4 is 12.0 Å². The third-order valence-corrected chi connectivity index (χ3v) is 3.04. The van der Waals surface area contributed by atoms with Crippen LogP contribution in [0.25, 0.3) is 6.08 Å². The Balaban J connectivity index is 2.61. The van der Waals surface area contributed by atoms with Crippen LogP contribution < -0.4 is 15.8 Å². The average Bonchev–Trinajstić information content (AvgIpc) is 2.43. The Bertz CT molecular complexity index is 452. The highest BCUT2D eigenvalue weighted by Crippen LogP contribution is 2.15. The van der Waals surface area contributed by atoms with Gasteiger partial charge in [0, 0.05) is 6.04 Å². The molecule has 1 aromatic rings. The van der Waals surface area contributed by atoms with Crippen LogP contribution in [-0.2, 0) is 4.79 Å². The number of carbonyl (C=O) groups excluding carboxylic acids is 1. The molecule has 0 bridgehead atoms. The summed E-state index contributed by atoms with van der Waals surface area (Å²) in [5.74, 6) is 0.177. The fourth-order valence-corrected chi connectivity index (χ4v) is 1.72. The quantitative estimate of drug-likeness (QED) is 0.766. The lowest BCUT2D eigenvalue weighted by Crippen LogP contribution is -2.27. The standard InChI is InChI=1S/C16H24N2O2/c1-4-9-18-13(3)12(2)10-14-5-7-15(8-6-14)20-11-16(17)19/h5-8,10,13,18H,4,9,11H2,1-3H3,(H2,17,19)/b12-10+. The SMILES string of the molecule is CCCNC(C)/C(C)=C/c1ccc(OCC(N)=O)cc1. The normalized spacial score (nSPS) is 13.1. The minimum Gasteiger partial charge on any atom is -0.484 e. The van der Waals surface area contributed by atoms with Crippen LogP contribution >= 0.6 is 0 Å². The maximum Gasteiger partial charge on any atom is 0.255 e. The number of nitrogens with two attached hydrogens (primary N) is 1. The van der Waals surface area contributed by atoms with Crippen LogP contribution in [0.5, 0.6) is 5.75 Å².